The van der Waals surface area contributed by atoms with Gasteiger partial charge in [0.2, 0.25) is 11.1 Å². The third kappa shape index (κ3) is 4.24. The molecule has 1 amide bonds. The zero-order valence-corrected chi connectivity index (χ0v) is 16.5. The number of carbonyl (C=O) groups excluding carboxylic acids is 2. The zero-order chi connectivity index (χ0) is 20.4. The van der Waals surface area contributed by atoms with E-state index in [1.165, 1.54) is 16.4 Å². The highest BCUT2D eigenvalue weighted by Gasteiger charge is 2.27. The fourth-order valence-corrected chi connectivity index (χ4v) is 3.96. The number of aromatic amines is 1. The topological polar surface area (TPSA) is 109 Å². The summed E-state index contributed by atoms with van der Waals surface area (Å²) in [7, 11) is 0. The predicted molar refractivity (Wildman–Crippen MR) is 112 cm³/mol. The second kappa shape index (κ2) is 7.96. The van der Waals surface area contributed by atoms with Gasteiger partial charge in [0.25, 0.3) is 5.91 Å². The van der Waals surface area contributed by atoms with Crippen molar-refractivity contribution in [2.45, 2.75) is 19.4 Å². The van der Waals surface area contributed by atoms with Crippen LogP contribution in [0.15, 0.2) is 53.3 Å². The van der Waals surface area contributed by atoms with Crippen LogP contribution in [-0.2, 0) is 4.79 Å². The van der Waals surface area contributed by atoms with E-state index in [2.05, 4.69) is 20.7 Å². The van der Waals surface area contributed by atoms with E-state index in [-0.39, 0.29) is 16.7 Å². The molecule has 3 N–H and O–H groups in total. The van der Waals surface area contributed by atoms with Crippen molar-refractivity contribution >= 4 is 34.4 Å². The van der Waals surface area contributed by atoms with Gasteiger partial charge in [0.05, 0.1) is 11.7 Å². The second-order valence-electron chi connectivity index (χ2n) is 6.71. The molecule has 1 fully saturated rings. The third-order valence-corrected chi connectivity index (χ3v) is 5.52. The van der Waals surface area contributed by atoms with E-state index < -0.39 is 6.04 Å². The largest absolute Gasteiger partial charge is 0.349 e. The number of thioether (sulfide) groups is 1. The van der Waals surface area contributed by atoms with Crippen LogP contribution in [0.4, 0.5) is 11.6 Å². The molecule has 1 aromatic heterocycles. The lowest BCUT2D eigenvalue weighted by Crippen LogP contribution is -2.37. The Balaban J connectivity index is 1.45. The van der Waals surface area contributed by atoms with Crippen molar-refractivity contribution in [3.05, 3.63) is 70.1 Å². The van der Waals surface area contributed by atoms with Crippen LogP contribution in [-0.4, -0.2) is 37.6 Å². The molecule has 0 radical (unpaired) electrons. The summed E-state index contributed by atoms with van der Waals surface area (Å²) in [6, 6.07) is 13.8. The van der Waals surface area contributed by atoms with Gasteiger partial charge in [0, 0.05) is 17.0 Å². The van der Waals surface area contributed by atoms with Crippen molar-refractivity contribution in [3.8, 4) is 5.69 Å². The van der Waals surface area contributed by atoms with E-state index in [0.717, 1.165) is 11.3 Å². The van der Waals surface area contributed by atoms with Crippen molar-refractivity contribution < 1.29 is 9.59 Å². The van der Waals surface area contributed by atoms with Gasteiger partial charge >= 0.3 is 5.69 Å². The fourth-order valence-electron chi connectivity index (χ4n) is 3.03. The molecule has 0 spiro atoms. The lowest BCUT2D eigenvalue weighted by atomic mass is 10.1. The molecule has 148 valence electrons. The summed E-state index contributed by atoms with van der Waals surface area (Å²) in [6.45, 7) is 1.94. The normalized spacial score (nSPS) is 16.0. The van der Waals surface area contributed by atoms with Crippen molar-refractivity contribution in [2.24, 2.45) is 0 Å². The van der Waals surface area contributed by atoms with Gasteiger partial charge in [0.1, 0.15) is 0 Å². The van der Waals surface area contributed by atoms with Crippen LogP contribution in [0.2, 0.25) is 0 Å². The molecule has 2 aromatic carbocycles. The van der Waals surface area contributed by atoms with Gasteiger partial charge in [-0.15, -0.1) is 5.10 Å². The van der Waals surface area contributed by atoms with Crippen molar-refractivity contribution in [2.75, 3.05) is 11.1 Å². The van der Waals surface area contributed by atoms with Gasteiger partial charge < -0.3 is 10.6 Å². The van der Waals surface area contributed by atoms with Crippen LogP contribution < -0.4 is 16.3 Å². The van der Waals surface area contributed by atoms with Gasteiger partial charge in [-0.2, -0.15) is 4.68 Å². The lowest BCUT2D eigenvalue weighted by Gasteiger charge is -2.10. The number of hydrogen-bond donors (Lipinski definition) is 3. The average molecular weight is 409 g/mol. The minimum atomic E-state index is -0.416. The van der Waals surface area contributed by atoms with E-state index in [0.29, 0.717) is 29.3 Å². The number of aromatic nitrogens is 3. The van der Waals surface area contributed by atoms with Crippen molar-refractivity contribution in [1.29, 1.82) is 0 Å². The van der Waals surface area contributed by atoms with Crippen LogP contribution in [0.25, 0.3) is 5.69 Å². The lowest BCUT2D eigenvalue weighted by molar-refractivity contribution is -0.112. The standard InChI is InChI=1S/C20H19N5O3S/c1-12-3-2-4-15(11-12)25-20(28)23-19(24-25)21-14-7-5-13(6-8-14)17(26)22-16-9-10-29-18(16)27/h2-8,11,16H,9-10H2,1H3,(H,22,26)(H2,21,23,24,28). The maximum atomic E-state index is 12.3. The Kier molecular flexibility index (Phi) is 5.22. The molecular formula is C20H19N5O3S. The quantitative estimate of drug-likeness (QED) is 0.597. The first kappa shape index (κ1) is 19.0. The molecule has 1 unspecified atom stereocenters. The number of amides is 1. The number of nitrogens with one attached hydrogen (secondary N) is 3. The van der Waals surface area contributed by atoms with Crippen LogP contribution >= 0.6 is 11.8 Å². The summed E-state index contributed by atoms with van der Waals surface area (Å²) in [6.07, 6.45) is 0.659. The Morgan fingerprint density at radius 3 is 2.69 bits per heavy atom. The van der Waals surface area contributed by atoms with Gasteiger partial charge in [-0.25, -0.2) is 4.79 Å². The molecule has 0 bridgehead atoms. The molecule has 1 saturated heterocycles. The maximum absolute atomic E-state index is 12.3. The molecule has 29 heavy (non-hydrogen) atoms. The number of carbonyl (C=O) groups is 2. The Labute approximate surface area is 170 Å². The van der Waals surface area contributed by atoms with Gasteiger partial charge in [-0.05, 0) is 55.3 Å². The van der Waals surface area contributed by atoms with E-state index in [4.69, 9.17) is 0 Å². The first-order valence-electron chi connectivity index (χ1n) is 9.10. The Bertz CT molecular complexity index is 1120. The number of hydrogen-bond acceptors (Lipinski definition) is 6. The Morgan fingerprint density at radius 1 is 1.21 bits per heavy atom. The van der Waals surface area contributed by atoms with E-state index in [1.54, 1.807) is 30.3 Å². The number of H-pyrrole nitrogens is 1. The molecule has 2 heterocycles. The molecule has 0 saturated carbocycles. The van der Waals surface area contributed by atoms with E-state index >= 15 is 0 Å². The molecule has 3 aromatic rings. The fraction of sp³-hybridized carbons (Fsp3) is 0.200. The molecule has 1 atom stereocenters. The number of rotatable bonds is 5. The first-order valence-corrected chi connectivity index (χ1v) is 10.1. The van der Waals surface area contributed by atoms with E-state index in [1.807, 2.05) is 25.1 Å². The van der Waals surface area contributed by atoms with Crippen LogP contribution in [0.3, 0.4) is 0 Å². The molecule has 1 aliphatic heterocycles. The number of anilines is 2. The van der Waals surface area contributed by atoms with E-state index in [9.17, 15) is 14.4 Å². The van der Waals surface area contributed by atoms with Gasteiger partial charge in [0.15, 0.2) is 0 Å². The van der Waals surface area contributed by atoms with Crippen molar-refractivity contribution in [3.63, 3.8) is 0 Å². The molecule has 9 heteroatoms. The summed E-state index contributed by atoms with van der Waals surface area (Å²) in [5, 5.41) is 10.0. The highest BCUT2D eigenvalue weighted by atomic mass is 32.2. The second-order valence-corrected chi connectivity index (χ2v) is 7.81. The number of benzene rings is 2. The summed E-state index contributed by atoms with van der Waals surface area (Å²) in [5.41, 5.74) is 2.47. The molecule has 1 aliphatic rings. The Morgan fingerprint density at radius 2 is 2.00 bits per heavy atom. The van der Waals surface area contributed by atoms with Crippen LogP contribution in [0.1, 0.15) is 22.3 Å². The molecule has 8 nitrogen and oxygen atoms in total. The summed E-state index contributed by atoms with van der Waals surface area (Å²) in [4.78, 5) is 38.8. The smallest absolute Gasteiger partial charge is 0.341 e. The summed E-state index contributed by atoms with van der Waals surface area (Å²) >= 11 is 1.25. The summed E-state index contributed by atoms with van der Waals surface area (Å²) in [5.74, 6) is 0.747. The highest BCUT2D eigenvalue weighted by Crippen LogP contribution is 2.20. The molecule has 4 rings (SSSR count). The highest BCUT2D eigenvalue weighted by molar-refractivity contribution is 8.14. The van der Waals surface area contributed by atoms with Crippen LogP contribution in [0.5, 0.6) is 0 Å². The minimum absolute atomic E-state index is 0.00443. The predicted octanol–water partition coefficient (Wildman–Crippen LogP) is 2.37. The monoisotopic (exact) mass is 409 g/mol. The first-order chi connectivity index (χ1) is 14.0. The zero-order valence-electron chi connectivity index (χ0n) is 15.6. The summed E-state index contributed by atoms with van der Waals surface area (Å²) < 4.78 is 1.29. The SMILES string of the molecule is Cc1cccc(-n2nc(Nc3ccc(C(=O)NC4CCSC4=O)cc3)[nH]c2=O)c1. The number of nitrogens with zero attached hydrogens (tertiary/aromatic N) is 2. The van der Waals surface area contributed by atoms with Crippen LogP contribution in [0, 0.1) is 6.92 Å². The average Bonchev–Trinajstić information content (AvgIpc) is 3.27. The van der Waals surface area contributed by atoms with Gasteiger partial charge in [-0.3, -0.25) is 14.6 Å². The third-order valence-electron chi connectivity index (χ3n) is 4.51. The minimum Gasteiger partial charge on any atom is -0.341 e. The van der Waals surface area contributed by atoms with Crippen molar-refractivity contribution in [1.82, 2.24) is 20.1 Å². The number of aryl methyl sites for hydroxylation is 1. The van der Waals surface area contributed by atoms with Gasteiger partial charge in [-0.1, -0.05) is 23.9 Å². The Hall–Kier alpha value is -3.33. The molecular weight excluding hydrogens is 390 g/mol. The molecule has 0 aliphatic carbocycles. The maximum Gasteiger partial charge on any atom is 0.349 e.